The third-order valence-electron chi connectivity index (χ3n) is 3.37. The molecule has 1 saturated carbocycles. The average molecular weight is 231 g/mol. The SMILES string of the molecule is COC(C)Cc1cccc(C2(N=C=O)CC2)c1. The highest BCUT2D eigenvalue weighted by Gasteiger charge is 2.44. The number of rotatable bonds is 5. The van der Waals surface area contributed by atoms with E-state index in [9.17, 15) is 4.79 Å². The van der Waals surface area contributed by atoms with Gasteiger partial charge in [-0.1, -0.05) is 24.3 Å². The number of carbonyl (C=O) groups excluding carboxylic acids is 1. The zero-order chi connectivity index (χ0) is 12.3. The van der Waals surface area contributed by atoms with Crippen molar-refractivity contribution < 1.29 is 9.53 Å². The third kappa shape index (κ3) is 2.63. The molecule has 1 fully saturated rings. The predicted octanol–water partition coefficient (Wildman–Crippen LogP) is 2.59. The normalized spacial score (nSPS) is 18.2. The molecule has 2 rings (SSSR count). The summed E-state index contributed by atoms with van der Waals surface area (Å²) in [6.45, 7) is 2.04. The Balaban J connectivity index is 2.20. The molecule has 3 nitrogen and oxygen atoms in total. The van der Waals surface area contributed by atoms with Crippen LogP contribution < -0.4 is 0 Å². The number of aliphatic imine (C=N–C) groups is 1. The molecule has 3 heteroatoms. The molecule has 0 aromatic heterocycles. The maximum Gasteiger partial charge on any atom is 0.235 e. The Morgan fingerprint density at radius 2 is 2.29 bits per heavy atom. The van der Waals surface area contributed by atoms with Crippen LogP contribution in [0.1, 0.15) is 30.9 Å². The van der Waals surface area contributed by atoms with Crippen molar-refractivity contribution in [2.75, 3.05) is 7.11 Å². The molecular formula is C14H17NO2. The van der Waals surface area contributed by atoms with Crippen molar-refractivity contribution in [2.45, 2.75) is 37.8 Å². The quantitative estimate of drug-likeness (QED) is 0.577. The summed E-state index contributed by atoms with van der Waals surface area (Å²) in [4.78, 5) is 14.4. The van der Waals surface area contributed by atoms with Gasteiger partial charge in [0.1, 0.15) is 0 Å². The summed E-state index contributed by atoms with van der Waals surface area (Å²) in [6.07, 6.45) is 4.67. The molecule has 0 spiro atoms. The van der Waals surface area contributed by atoms with E-state index in [1.165, 1.54) is 5.56 Å². The molecule has 1 atom stereocenters. The van der Waals surface area contributed by atoms with Crippen LogP contribution >= 0.6 is 0 Å². The lowest BCUT2D eigenvalue weighted by atomic mass is 10.00. The van der Waals surface area contributed by atoms with Crippen LogP contribution in [-0.4, -0.2) is 19.3 Å². The van der Waals surface area contributed by atoms with Crippen LogP contribution in [0.2, 0.25) is 0 Å². The van der Waals surface area contributed by atoms with Gasteiger partial charge in [0, 0.05) is 7.11 Å². The lowest BCUT2D eigenvalue weighted by Crippen LogP contribution is -2.10. The van der Waals surface area contributed by atoms with Gasteiger partial charge in [-0.3, -0.25) is 0 Å². The number of benzene rings is 1. The predicted molar refractivity (Wildman–Crippen MR) is 65.7 cm³/mol. The van der Waals surface area contributed by atoms with Gasteiger partial charge in [0.25, 0.3) is 0 Å². The van der Waals surface area contributed by atoms with E-state index in [0.29, 0.717) is 0 Å². The van der Waals surface area contributed by atoms with Crippen LogP contribution in [0.25, 0.3) is 0 Å². The summed E-state index contributed by atoms with van der Waals surface area (Å²) in [5.41, 5.74) is 2.08. The van der Waals surface area contributed by atoms with Gasteiger partial charge in [0.05, 0.1) is 11.6 Å². The summed E-state index contributed by atoms with van der Waals surface area (Å²) in [5.74, 6) is 0. The molecule has 1 aliphatic rings. The second kappa shape index (κ2) is 4.82. The van der Waals surface area contributed by atoms with E-state index in [0.717, 1.165) is 24.8 Å². The largest absolute Gasteiger partial charge is 0.381 e. The van der Waals surface area contributed by atoms with Gasteiger partial charge in [-0.2, -0.15) is 4.99 Å². The molecule has 0 amide bonds. The minimum Gasteiger partial charge on any atom is -0.381 e. The van der Waals surface area contributed by atoms with E-state index in [1.54, 1.807) is 13.2 Å². The molecule has 90 valence electrons. The Bertz CT molecular complexity index is 445. The maximum atomic E-state index is 10.4. The van der Waals surface area contributed by atoms with Crippen molar-refractivity contribution >= 4 is 6.08 Å². The van der Waals surface area contributed by atoms with Crippen molar-refractivity contribution in [3.63, 3.8) is 0 Å². The zero-order valence-electron chi connectivity index (χ0n) is 10.3. The Kier molecular flexibility index (Phi) is 3.41. The molecule has 0 saturated heterocycles. The molecular weight excluding hydrogens is 214 g/mol. The summed E-state index contributed by atoms with van der Waals surface area (Å²) in [6, 6.07) is 8.27. The number of hydrogen-bond donors (Lipinski definition) is 0. The highest BCUT2D eigenvalue weighted by Crippen LogP contribution is 2.49. The standard InChI is InChI=1S/C14H17NO2/c1-11(17-2)8-12-4-3-5-13(9-12)14(6-7-14)15-10-16/h3-5,9,11H,6-8H2,1-2H3. The van der Waals surface area contributed by atoms with Crippen molar-refractivity contribution in [3.8, 4) is 0 Å². The second-order valence-corrected chi connectivity index (χ2v) is 4.69. The van der Waals surface area contributed by atoms with Crippen molar-refractivity contribution in [1.29, 1.82) is 0 Å². The molecule has 0 aliphatic heterocycles. The first-order chi connectivity index (χ1) is 8.20. The Labute approximate surface area is 102 Å². The van der Waals surface area contributed by atoms with Crippen LogP contribution in [0, 0.1) is 0 Å². The fraction of sp³-hybridized carbons (Fsp3) is 0.500. The van der Waals surface area contributed by atoms with Crippen LogP contribution in [0.15, 0.2) is 29.3 Å². The van der Waals surface area contributed by atoms with Gasteiger partial charge < -0.3 is 4.74 Å². The van der Waals surface area contributed by atoms with Gasteiger partial charge in [0.2, 0.25) is 6.08 Å². The smallest absolute Gasteiger partial charge is 0.235 e. The van der Waals surface area contributed by atoms with E-state index < -0.39 is 0 Å². The number of methoxy groups -OCH3 is 1. The van der Waals surface area contributed by atoms with Crippen molar-refractivity contribution in [3.05, 3.63) is 35.4 Å². The fourth-order valence-corrected chi connectivity index (χ4v) is 2.07. The van der Waals surface area contributed by atoms with Crippen LogP contribution in [-0.2, 0) is 21.5 Å². The van der Waals surface area contributed by atoms with Crippen molar-refractivity contribution in [1.82, 2.24) is 0 Å². The van der Waals surface area contributed by atoms with Crippen LogP contribution in [0.5, 0.6) is 0 Å². The zero-order valence-corrected chi connectivity index (χ0v) is 10.3. The molecule has 1 aromatic rings. The minimum absolute atomic E-state index is 0.204. The van der Waals surface area contributed by atoms with Crippen LogP contribution in [0.4, 0.5) is 0 Å². The number of nitrogens with zero attached hydrogens (tertiary/aromatic N) is 1. The number of isocyanates is 1. The van der Waals surface area contributed by atoms with E-state index in [1.807, 2.05) is 19.1 Å². The van der Waals surface area contributed by atoms with Gasteiger partial charge >= 0.3 is 0 Å². The molecule has 0 N–H and O–H groups in total. The van der Waals surface area contributed by atoms with E-state index in [2.05, 4.69) is 17.1 Å². The van der Waals surface area contributed by atoms with E-state index in [4.69, 9.17) is 4.74 Å². The molecule has 0 bridgehead atoms. The Morgan fingerprint density at radius 3 is 2.88 bits per heavy atom. The molecule has 0 radical (unpaired) electrons. The third-order valence-corrected chi connectivity index (χ3v) is 3.37. The second-order valence-electron chi connectivity index (χ2n) is 4.69. The first kappa shape index (κ1) is 12.0. The first-order valence-corrected chi connectivity index (χ1v) is 5.91. The summed E-state index contributed by atoms with van der Waals surface area (Å²) < 4.78 is 5.26. The Morgan fingerprint density at radius 1 is 1.53 bits per heavy atom. The highest BCUT2D eigenvalue weighted by molar-refractivity contribution is 5.42. The lowest BCUT2D eigenvalue weighted by molar-refractivity contribution is 0.119. The van der Waals surface area contributed by atoms with Gasteiger partial charge in [-0.25, -0.2) is 4.79 Å². The van der Waals surface area contributed by atoms with Crippen LogP contribution in [0.3, 0.4) is 0 Å². The Hall–Kier alpha value is -1.44. The van der Waals surface area contributed by atoms with E-state index >= 15 is 0 Å². The summed E-state index contributed by atoms with van der Waals surface area (Å²) in [7, 11) is 1.72. The maximum absolute atomic E-state index is 10.4. The lowest BCUT2D eigenvalue weighted by Gasteiger charge is -2.13. The number of ether oxygens (including phenoxy) is 1. The van der Waals surface area contributed by atoms with Gasteiger partial charge in [-0.05, 0) is 37.3 Å². The fourth-order valence-electron chi connectivity index (χ4n) is 2.07. The summed E-state index contributed by atoms with van der Waals surface area (Å²) in [5, 5.41) is 0. The monoisotopic (exact) mass is 231 g/mol. The van der Waals surface area contributed by atoms with Gasteiger partial charge in [0.15, 0.2) is 0 Å². The molecule has 1 aliphatic carbocycles. The molecule has 1 aromatic carbocycles. The van der Waals surface area contributed by atoms with E-state index in [-0.39, 0.29) is 11.6 Å². The topological polar surface area (TPSA) is 38.7 Å². The minimum atomic E-state index is -0.270. The molecule has 0 heterocycles. The highest BCUT2D eigenvalue weighted by atomic mass is 16.5. The summed E-state index contributed by atoms with van der Waals surface area (Å²) >= 11 is 0. The molecule has 17 heavy (non-hydrogen) atoms. The first-order valence-electron chi connectivity index (χ1n) is 5.91. The molecule has 1 unspecified atom stereocenters. The average Bonchev–Trinajstić information content (AvgIpc) is 3.11. The number of hydrogen-bond acceptors (Lipinski definition) is 3. The van der Waals surface area contributed by atoms with Crippen molar-refractivity contribution in [2.24, 2.45) is 4.99 Å². The van der Waals surface area contributed by atoms with Gasteiger partial charge in [-0.15, -0.1) is 0 Å².